The van der Waals surface area contributed by atoms with Gasteiger partial charge in [0.25, 0.3) is 0 Å². The van der Waals surface area contributed by atoms with Crippen molar-refractivity contribution < 1.29 is 14.7 Å². The van der Waals surface area contributed by atoms with Gasteiger partial charge in [-0.2, -0.15) is 0 Å². The molecule has 3 aliphatic rings. The number of likely N-dealkylation sites (tertiary alicyclic amines) is 1. The first kappa shape index (κ1) is 10.3. The molecule has 1 aliphatic heterocycles. The predicted octanol–water partition coefficient (Wildman–Crippen LogP) is 0.686. The lowest BCUT2D eigenvalue weighted by Crippen LogP contribution is -2.59. The van der Waals surface area contributed by atoms with Gasteiger partial charge >= 0.3 is 0 Å². The maximum atomic E-state index is 12.2. The zero-order valence-corrected chi connectivity index (χ0v) is 9.32. The highest BCUT2D eigenvalue weighted by Gasteiger charge is 2.58. The third-order valence-corrected chi connectivity index (χ3v) is 4.64. The van der Waals surface area contributed by atoms with Gasteiger partial charge in [0, 0.05) is 0 Å². The van der Waals surface area contributed by atoms with Crippen LogP contribution in [-0.4, -0.2) is 34.0 Å². The molecule has 2 unspecified atom stereocenters. The van der Waals surface area contributed by atoms with E-state index in [1.807, 2.05) is 0 Å². The lowest BCUT2D eigenvalue weighted by molar-refractivity contribution is -0.154. The quantitative estimate of drug-likeness (QED) is 0.701. The summed E-state index contributed by atoms with van der Waals surface area (Å²) in [6, 6.07) is 0. The number of hydrogen-bond acceptors (Lipinski definition) is 3. The Labute approximate surface area is 94.6 Å². The molecule has 0 aromatic carbocycles. The number of carbonyl (C=O) groups is 2. The first-order chi connectivity index (χ1) is 7.69. The lowest BCUT2D eigenvalue weighted by atomic mass is 9.76. The van der Waals surface area contributed by atoms with Gasteiger partial charge in [0.15, 0.2) is 0 Å². The Bertz CT molecular complexity index is 321. The molecule has 16 heavy (non-hydrogen) atoms. The van der Waals surface area contributed by atoms with E-state index in [-0.39, 0.29) is 30.3 Å². The first-order valence-corrected chi connectivity index (χ1v) is 6.18. The van der Waals surface area contributed by atoms with Gasteiger partial charge < -0.3 is 5.11 Å². The van der Waals surface area contributed by atoms with Crippen LogP contribution in [0, 0.1) is 11.8 Å². The number of amides is 2. The molecule has 0 radical (unpaired) electrons. The van der Waals surface area contributed by atoms with Crippen molar-refractivity contribution in [1.82, 2.24) is 4.90 Å². The van der Waals surface area contributed by atoms with Crippen molar-refractivity contribution in [2.24, 2.45) is 11.8 Å². The Morgan fingerprint density at radius 3 is 2.06 bits per heavy atom. The molecule has 2 saturated carbocycles. The molecular weight excluding hydrogens is 206 g/mol. The Morgan fingerprint density at radius 1 is 1.12 bits per heavy atom. The van der Waals surface area contributed by atoms with Crippen LogP contribution in [0.25, 0.3) is 0 Å². The summed E-state index contributed by atoms with van der Waals surface area (Å²) < 4.78 is 0. The summed E-state index contributed by atoms with van der Waals surface area (Å²) in [7, 11) is 0. The van der Waals surface area contributed by atoms with E-state index in [9.17, 15) is 14.7 Å². The largest absolute Gasteiger partial charge is 0.394 e. The molecule has 4 heteroatoms. The Kier molecular flexibility index (Phi) is 2.11. The maximum Gasteiger partial charge on any atom is 0.233 e. The minimum absolute atomic E-state index is 0.0127. The Hall–Kier alpha value is -0.900. The Balaban J connectivity index is 1.91. The van der Waals surface area contributed by atoms with E-state index >= 15 is 0 Å². The van der Waals surface area contributed by atoms with Crippen molar-refractivity contribution in [3.05, 3.63) is 0 Å². The van der Waals surface area contributed by atoms with Gasteiger partial charge in [0.05, 0.1) is 24.0 Å². The molecule has 0 aromatic rings. The third-order valence-electron chi connectivity index (χ3n) is 4.64. The van der Waals surface area contributed by atoms with Crippen LogP contribution >= 0.6 is 0 Å². The predicted molar refractivity (Wildman–Crippen MR) is 56.4 cm³/mol. The molecule has 0 aromatic heterocycles. The van der Waals surface area contributed by atoms with E-state index in [0.29, 0.717) is 0 Å². The van der Waals surface area contributed by atoms with Crippen LogP contribution in [0.1, 0.15) is 38.5 Å². The summed E-state index contributed by atoms with van der Waals surface area (Å²) in [5, 5.41) is 9.45. The normalized spacial score (nSPS) is 36.4. The molecule has 1 N–H and O–H groups in total. The van der Waals surface area contributed by atoms with E-state index in [4.69, 9.17) is 0 Å². The molecule has 1 saturated heterocycles. The zero-order chi connectivity index (χ0) is 11.3. The van der Waals surface area contributed by atoms with E-state index < -0.39 is 5.54 Å². The van der Waals surface area contributed by atoms with Crippen LogP contribution in [0.3, 0.4) is 0 Å². The van der Waals surface area contributed by atoms with E-state index in [1.54, 1.807) is 0 Å². The summed E-state index contributed by atoms with van der Waals surface area (Å²) in [5.74, 6) is -0.171. The second-order valence-electron chi connectivity index (χ2n) is 5.39. The highest BCUT2D eigenvalue weighted by atomic mass is 16.3. The average molecular weight is 223 g/mol. The van der Waals surface area contributed by atoms with Crippen LogP contribution in [-0.2, 0) is 9.59 Å². The molecule has 0 spiro atoms. The van der Waals surface area contributed by atoms with Crippen molar-refractivity contribution in [2.75, 3.05) is 6.61 Å². The van der Waals surface area contributed by atoms with Crippen molar-refractivity contribution in [2.45, 2.75) is 44.1 Å². The molecular formula is C12H17NO3. The third kappa shape index (κ3) is 1.08. The van der Waals surface area contributed by atoms with Crippen molar-refractivity contribution in [1.29, 1.82) is 0 Å². The van der Waals surface area contributed by atoms with Crippen LogP contribution in [0.4, 0.5) is 0 Å². The average Bonchev–Trinajstić information content (AvgIpc) is 2.76. The molecule has 2 amide bonds. The van der Waals surface area contributed by atoms with Crippen molar-refractivity contribution in [3.8, 4) is 0 Å². The fourth-order valence-corrected chi connectivity index (χ4v) is 3.50. The summed E-state index contributed by atoms with van der Waals surface area (Å²) in [6.07, 6.45) is 5.26. The number of hydrogen-bond donors (Lipinski definition) is 1. The highest BCUT2D eigenvalue weighted by Crippen LogP contribution is 2.47. The number of rotatable bonds is 2. The standard InChI is InChI=1S/C12H17NO3/c14-7-12(5-2-6-12)13-10(15)8-3-1-4-9(8)11(13)16/h8-9,14H,1-7H2. The van der Waals surface area contributed by atoms with Gasteiger partial charge in [-0.25, -0.2) is 0 Å². The Morgan fingerprint density at radius 2 is 1.69 bits per heavy atom. The molecule has 1 heterocycles. The minimum Gasteiger partial charge on any atom is -0.394 e. The minimum atomic E-state index is -0.529. The molecule has 3 rings (SSSR count). The summed E-state index contributed by atoms with van der Waals surface area (Å²) in [5.41, 5.74) is -0.529. The zero-order valence-electron chi connectivity index (χ0n) is 9.32. The van der Waals surface area contributed by atoms with E-state index in [0.717, 1.165) is 38.5 Å². The topological polar surface area (TPSA) is 57.6 Å². The molecule has 88 valence electrons. The summed E-state index contributed by atoms with van der Waals surface area (Å²) >= 11 is 0. The smallest absolute Gasteiger partial charge is 0.233 e. The monoisotopic (exact) mass is 223 g/mol. The second kappa shape index (κ2) is 3.29. The number of carbonyl (C=O) groups excluding carboxylic acids is 2. The number of aliphatic hydroxyl groups excluding tert-OH is 1. The SMILES string of the molecule is O=C1C2CCCC2C(=O)N1C1(CO)CCC1. The lowest BCUT2D eigenvalue weighted by Gasteiger charge is -2.46. The van der Waals surface area contributed by atoms with Gasteiger partial charge in [-0.3, -0.25) is 14.5 Å². The van der Waals surface area contributed by atoms with E-state index in [1.165, 1.54) is 4.90 Å². The van der Waals surface area contributed by atoms with Crippen LogP contribution in [0.15, 0.2) is 0 Å². The van der Waals surface area contributed by atoms with Crippen LogP contribution < -0.4 is 0 Å². The number of imide groups is 1. The van der Waals surface area contributed by atoms with Gasteiger partial charge in [-0.05, 0) is 32.1 Å². The molecule has 2 atom stereocenters. The van der Waals surface area contributed by atoms with Crippen molar-refractivity contribution >= 4 is 11.8 Å². The molecule has 0 bridgehead atoms. The highest BCUT2D eigenvalue weighted by molar-refractivity contribution is 6.06. The van der Waals surface area contributed by atoms with Gasteiger partial charge in [0.1, 0.15) is 0 Å². The molecule has 2 aliphatic carbocycles. The van der Waals surface area contributed by atoms with Gasteiger partial charge in [-0.15, -0.1) is 0 Å². The fraction of sp³-hybridized carbons (Fsp3) is 0.833. The van der Waals surface area contributed by atoms with Gasteiger partial charge in [-0.1, -0.05) is 6.42 Å². The van der Waals surface area contributed by atoms with Gasteiger partial charge in [0.2, 0.25) is 11.8 Å². The number of nitrogens with zero attached hydrogens (tertiary/aromatic N) is 1. The molecule has 4 nitrogen and oxygen atoms in total. The summed E-state index contributed by atoms with van der Waals surface area (Å²) in [4.78, 5) is 25.8. The molecule has 3 fully saturated rings. The number of aliphatic hydroxyl groups is 1. The maximum absolute atomic E-state index is 12.2. The van der Waals surface area contributed by atoms with E-state index in [2.05, 4.69) is 0 Å². The number of fused-ring (bicyclic) bond motifs is 1. The first-order valence-electron chi connectivity index (χ1n) is 6.18. The van der Waals surface area contributed by atoms with Crippen molar-refractivity contribution in [3.63, 3.8) is 0 Å². The fourth-order valence-electron chi connectivity index (χ4n) is 3.50. The summed E-state index contributed by atoms with van der Waals surface area (Å²) in [6.45, 7) is -0.0656. The second-order valence-corrected chi connectivity index (χ2v) is 5.39. The van der Waals surface area contributed by atoms with Crippen LogP contribution in [0.5, 0.6) is 0 Å². The van der Waals surface area contributed by atoms with Crippen LogP contribution in [0.2, 0.25) is 0 Å².